The number of hydrogen-bond acceptors (Lipinski definition) is 3. The average molecular weight is 219 g/mol. The van der Waals surface area contributed by atoms with Crippen molar-refractivity contribution in [3.05, 3.63) is 30.1 Å². The van der Waals surface area contributed by atoms with Gasteiger partial charge in [-0.1, -0.05) is 0 Å². The fourth-order valence-corrected chi connectivity index (χ4v) is 2.18. The molecule has 0 aliphatic carbocycles. The molecule has 0 aromatic carbocycles. The van der Waals surface area contributed by atoms with Gasteiger partial charge in [0.1, 0.15) is 0 Å². The molecule has 1 aliphatic rings. The molecule has 1 aromatic heterocycles. The zero-order valence-electron chi connectivity index (χ0n) is 10.0. The molecule has 1 fully saturated rings. The molecule has 0 atom stereocenters. The first-order valence-corrected chi connectivity index (χ1v) is 6.15. The highest BCUT2D eigenvalue weighted by Crippen LogP contribution is 2.08. The number of hydrogen-bond donors (Lipinski definition) is 1. The summed E-state index contributed by atoms with van der Waals surface area (Å²) in [4.78, 5) is 6.43. The molecule has 0 spiro atoms. The van der Waals surface area contributed by atoms with Gasteiger partial charge in [-0.2, -0.15) is 0 Å². The molecule has 0 saturated carbocycles. The topological polar surface area (TPSA) is 28.2 Å². The summed E-state index contributed by atoms with van der Waals surface area (Å²) >= 11 is 0. The zero-order chi connectivity index (χ0) is 11.2. The number of nitrogens with zero attached hydrogens (tertiary/aromatic N) is 2. The molecule has 3 heteroatoms. The third kappa shape index (κ3) is 3.58. The third-order valence-corrected chi connectivity index (χ3v) is 3.31. The van der Waals surface area contributed by atoms with E-state index in [2.05, 4.69) is 34.4 Å². The van der Waals surface area contributed by atoms with Gasteiger partial charge in [-0.3, -0.25) is 4.98 Å². The highest BCUT2D eigenvalue weighted by atomic mass is 15.1. The summed E-state index contributed by atoms with van der Waals surface area (Å²) in [7, 11) is 2.20. The molecule has 0 unspecified atom stereocenters. The number of rotatable bonds is 4. The van der Waals surface area contributed by atoms with Crippen LogP contribution in [0.5, 0.6) is 0 Å². The summed E-state index contributed by atoms with van der Waals surface area (Å²) in [6.07, 6.45) is 7.41. The summed E-state index contributed by atoms with van der Waals surface area (Å²) < 4.78 is 0. The molecule has 1 saturated heterocycles. The van der Waals surface area contributed by atoms with E-state index in [1.54, 1.807) is 0 Å². The van der Waals surface area contributed by atoms with Crippen LogP contribution in [0.4, 0.5) is 0 Å². The van der Waals surface area contributed by atoms with Crippen molar-refractivity contribution in [2.24, 2.45) is 0 Å². The molecule has 0 bridgehead atoms. The lowest BCUT2D eigenvalue weighted by Crippen LogP contribution is -2.41. The molecule has 16 heavy (non-hydrogen) atoms. The van der Waals surface area contributed by atoms with Crippen LogP contribution in [0.1, 0.15) is 18.4 Å². The first-order chi connectivity index (χ1) is 7.84. The van der Waals surface area contributed by atoms with Crippen LogP contribution in [0.3, 0.4) is 0 Å². The lowest BCUT2D eigenvalue weighted by atomic mass is 10.1. The van der Waals surface area contributed by atoms with E-state index in [4.69, 9.17) is 0 Å². The summed E-state index contributed by atoms with van der Waals surface area (Å²) in [5.74, 6) is 0. The SMILES string of the molecule is CN1CCC(NCCc2ccncc2)CC1. The molecule has 0 amide bonds. The molecule has 88 valence electrons. The van der Waals surface area contributed by atoms with Crippen LogP contribution in [0.2, 0.25) is 0 Å². The number of piperidine rings is 1. The number of aromatic nitrogens is 1. The molecule has 2 heterocycles. The van der Waals surface area contributed by atoms with Crippen molar-refractivity contribution < 1.29 is 0 Å². The van der Waals surface area contributed by atoms with Crippen molar-refractivity contribution in [3.63, 3.8) is 0 Å². The van der Waals surface area contributed by atoms with Gasteiger partial charge in [0.05, 0.1) is 0 Å². The molecular formula is C13H21N3. The monoisotopic (exact) mass is 219 g/mol. The molecule has 0 radical (unpaired) electrons. The van der Waals surface area contributed by atoms with Crippen LogP contribution in [0.15, 0.2) is 24.5 Å². The van der Waals surface area contributed by atoms with E-state index in [0.29, 0.717) is 0 Å². The summed E-state index contributed by atoms with van der Waals surface area (Å²) in [6.45, 7) is 3.54. The van der Waals surface area contributed by atoms with Gasteiger partial charge in [-0.15, -0.1) is 0 Å². The fraction of sp³-hybridized carbons (Fsp3) is 0.615. The van der Waals surface area contributed by atoms with Crippen LogP contribution < -0.4 is 5.32 Å². The normalized spacial score (nSPS) is 18.8. The minimum Gasteiger partial charge on any atom is -0.314 e. The number of nitrogens with one attached hydrogen (secondary N) is 1. The van der Waals surface area contributed by atoms with Gasteiger partial charge < -0.3 is 10.2 Å². The Morgan fingerprint density at radius 1 is 1.31 bits per heavy atom. The second-order valence-corrected chi connectivity index (χ2v) is 4.64. The van der Waals surface area contributed by atoms with E-state index < -0.39 is 0 Å². The van der Waals surface area contributed by atoms with Gasteiger partial charge in [0.15, 0.2) is 0 Å². The number of pyridine rings is 1. The lowest BCUT2D eigenvalue weighted by Gasteiger charge is -2.29. The van der Waals surface area contributed by atoms with Crippen LogP contribution in [0.25, 0.3) is 0 Å². The lowest BCUT2D eigenvalue weighted by molar-refractivity contribution is 0.235. The maximum atomic E-state index is 4.03. The minimum absolute atomic E-state index is 0.720. The van der Waals surface area contributed by atoms with E-state index in [9.17, 15) is 0 Å². The largest absolute Gasteiger partial charge is 0.314 e. The van der Waals surface area contributed by atoms with Crippen molar-refractivity contribution in [2.45, 2.75) is 25.3 Å². The third-order valence-electron chi connectivity index (χ3n) is 3.31. The van der Waals surface area contributed by atoms with Crippen LogP contribution in [0, 0.1) is 0 Å². The molecule has 1 aliphatic heterocycles. The van der Waals surface area contributed by atoms with Crippen molar-refractivity contribution >= 4 is 0 Å². The molecule has 1 N–H and O–H groups in total. The van der Waals surface area contributed by atoms with Crippen molar-refractivity contribution in [2.75, 3.05) is 26.7 Å². The Morgan fingerprint density at radius 3 is 2.69 bits per heavy atom. The first kappa shape index (κ1) is 11.6. The summed E-state index contributed by atoms with van der Waals surface area (Å²) in [5.41, 5.74) is 1.37. The standard InChI is InChI=1S/C13H21N3/c1-16-10-5-13(6-11-16)15-9-4-12-2-7-14-8-3-12/h2-3,7-8,13,15H,4-6,9-11H2,1H3. The molecule has 2 rings (SSSR count). The van der Waals surface area contributed by atoms with Gasteiger partial charge in [0, 0.05) is 18.4 Å². The van der Waals surface area contributed by atoms with Crippen molar-refractivity contribution in [1.82, 2.24) is 15.2 Å². The van der Waals surface area contributed by atoms with Crippen LogP contribution in [-0.2, 0) is 6.42 Å². The van der Waals surface area contributed by atoms with E-state index in [1.165, 1.54) is 31.5 Å². The Kier molecular flexibility index (Phi) is 4.31. The predicted octanol–water partition coefficient (Wildman–Crippen LogP) is 1.31. The highest BCUT2D eigenvalue weighted by molar-refractivity contribution is 5.09. The second kappa shape index (κ2) is 5.97. The van der Waals surface area contributed by atoms with E-state index in [0.717, 1.165) is 19.0 Å². The minimum atomic E-state index is 0.720. The Bertz CT molecular complexity index is 291. The Labute approximate surface area is 97.9 Å². The predicted molar refractivity (Wildman–Crippen MR) is 66.5 cm³/mol. The molecule has 3 nitrogen and oxygen atoms in total. The Morgan fingerprint density at radius 2 is 2.00 bits per heavy atom. The quantitative estimate of drug-likeness (QED) is 0.827. The maximum Gasteiger partial charge on any atom is 0.0270 e. The Hall–Kier alpha value is -0.930. The van der Waals surface area contributed by atoms with E-state index >= 15 is 0 Å². The van der Waals surface area contributed by atoms with Gasteiger partial charge in [-0.05, 0) is 63.6 Å². The smallest absolute Gasteiger partial charge is 0.0270 e. The summed E-state index contributed by atoms with van der Waals surface area (Å²) in [6, 6.07) is 4.91. The van der Waals surface area contributed by atoms with Gasteiger partial charge >= 0.3 is 0 Å². The van der Waals surface area contributed by atoms with Gasteiger partial charge in [0.2, 0.25) is 0 Å². The average Bonchev–Trinajstić information content (AvgIpc) is 2.33. The van der Waals surface area contributed by atoms with Crippen molar-refractivity contribution in [1.29, 1.82) is 0 Å². The highest BCUT2D eigenvalue weighted by Gasteiger charge is 2.15. The van der Waals surface area contributed by atoms with Crippen LogP contribution in [-0.4, -0.2) is 42.6 Å². The van der Waals surface area contributed by atoms with Gasteiger partial charge in [0.25, 0.3) is 0 Å². The van der Waals surface area contributed by atoms with Gasteiger partial charge in [-0.25, -0.2) is 0 Å². The zero-order valence-corrected chi connectivity index (χ0v) is 10.0. The second-order valence-electron chi connectivity index (χ2n) is 4.64. The first-order valence-electron chi connectivity index (χ1n) is 6.15. The molecule has 1 aromatic rings. The van der Waals surface area contributed by atoms with Crippen molar-refractivity contribution in [3.8, 4) is 0 Å². The van der Waals surface area contributed by atoms with Crippen LogP contribution >= 0.6 is 0 Å². The number of likely N-dealkylation sites (tertiary alicyclic amines) is 1. The maximum absolute atomic E-state index is 4.03. The van der Waals surface area contributed by atoms with E-state index in [-0.39, 0.29) is 0 Å². The van der Waals surface area contributed by atoms with E-state index in [1.807, 2.05) is 12.4 Å². The Balaban J connectivity index is 1.65. The fourth-order valence-electron chi connectivity index (χ4n) is 2.18. The molecular weight excluding hydrogens is 198 g/mol. The summed E-state index contributed by atoms with van der Waals surface area (Å²) in [5, 5.41) is 3.64.